The van der Waals surface area contributed by atoms with E-state index in [1.807, 2.05) is 19.1 Å². The number of hydrogen-bond donors (Lipinski definition) is 0. The fourth-order valence-corrected chi connectivity index (χ4v) is 1.62. The van der Waals surface area contributed by atoms with Crippen molar-refractivity contribution < 1.29 is 9.53 Å². The first-order chi connectivity index (χ1) is 8.15. The average Bonchev–Trinajstić information content (AvgIpc) is 2.33. The van der Waals surface area contributed by atoms with Gasteiger partial charge in [-0.15, -0.1) is 0 Å². The van der Waals surface area contributed by atoms with Crippen LogP contribution in [0.2, 0.25) is 0 Å². The molecule has 1 aromatic carbocycles. The number of nitrogens with zero attached hydrogens (tertiary/aromatic N) is 1. The van der Waals surface area contributed by atoms with Gasteiger partial charge in [-0.3, -0.25) is 4.98 Å². The maximum absolute atomic E-state index is 11.7. The smallest absolute Gasteiger partial charge is 0.345 e. The van der Waals surface area contributed by atoms with Crippen molar-refractivity contribution in [2.24, 2.45) is 0 Å². The summed E-state index contributed by atoms with van der Waals surface area (Å²) in [5.41, 5.74) is 1.32. The number of hydrogen-bond acceptors (Lipinski definition) is 3. The number of ether oxygens (including phenoxy) is 1. The molecule has 3 nitrogen and oxygen atoms in total. The van der Waals surface area contributed by atoms with E-state index in [9.17, 15) is 4.79 Å². The van der Waals surface area contributed by atoms with Crippen molar-refractivity contribution in [1.29, 1.82) is 0 Å². The van der Waals surface area contributed by atoms with Crippen LogP contribution < -0.4 is 4.74 Å². The minimum absolute atomic E-state index is 0.390. The molecule has 0 fully saturated rings. The second kappa shape index (κ2) is 5.27. The van der Waals surface area contributed by atoms with Crippen molar-refractivity contribution in [1.82, 2.24) is 4.98 Å². The summed E-state index contributed by atoms with van der Waals surface area (Å²) in [4.78, 5) is 15.8. The first-order valence-corrected chi connectivity index (χ1v) is 6.13. The molecule has 0 bridgehead atoms. The number of carbonyl (C=O) groups is 1. The van der Waals surface area contributed by atoms with Gasteiger partial charge >= 0.3 is 5.97 Å². The Bertz CT molecular complexity index is 520. The molecule has 0 spiro atoms. The summed E-state index contributed by atoms with van der Waals surface area (Å²) in [6.45, 7) is 1.87. The zero-order valence-electron chi connectivity index (χ0n) is 9.18. The number of aromatic nitrogens is 1. The van der Waals surface area contributed by atoms with E-state index in [0.717, 1.165) is 9.26 Å². The van der Waals surface area contributed by atoms with E-state index in [4.69, 9.17) is 4.74 Å². The molecule has 0 aliphatic rings. The number of halogens is 1. The topological polar surface area (TPSA) is 39.2 Å². The molecule has 0 atom stereocenters. The fourth-order valence-electron chi connectivity index (χ4n) is 1.26. The Morgan fingerprint density at radius 1 is 1.18 bits per heavy atom. The van der Waals surface area contributed by atoms with Crippen LogP contribution in [0.3, 0.4) is 0 Å². The molecule has 0 aliphatic heterocycles. The fraction of sp³-hybridized carbons (Fsp3) is 0.0769. The normalized spacial score (nSPS) is 10.0. The monoisotopic (exact) mass is 339 g/mol. The van der Waals surface area contributed by atoms with Crippen LogP contribution in [0.1, 0.15) is 16.1 Å². The highest BCUT2D eigenvalue weighted by Gasteiger charge is 2.08. The number of benzene rings is 1. The third kappa shape index (κ3) is 3.26. The minimum atomic E-state index is -0.390. The Kier molecular flexibility index (Phi) is 3.73. The Labute approximate surface area is 113 Å². The second-order valence-electron chi connectivity index (χ2n) is 3.53. The van der Waals surface area contributed by atoms with Crippen LogP contribution in [0, 0.1) is 10.5 Å². The maximum atomic E-state index is 11.7. The molecule has 0 N–H and O–H groups in total. The highest BCUT2D eigenvalue weighted by atomic mass is 127. The van der Waals surface area contributed by atoms with E-state index in [0.29, 0.717) is 11.3 Å². The van der Waals surface area contributed by atoms with E-state index in [2.05, 4.69) is 27.6 Å². The van der Waals surface area contributed by atoms with Gasteiger partial charge in [0.2, 0.25) is 0 Å². The first kappa shape index (κ1) is 12.0. The highest BCUT2D eigenvalue weighted by molar-refractivity contribution is 14.1. The highest BCUT2D eigenvalue weighted by Crippen LogP contribution is 2.15. The van der Waals surface area contributed by atoms with Gasteiger partial charge in [0.05, 0.1) is 5.56 Å². The van der Waals surface area contributed by atoms with E-state index in [1.54, 1.807) is 24.3 Å². The van der Waals surface area contributed by atoms with Gasteiger partial charge in [0.25, 0.3) is 0 Å². The molecule has 86 valence electrons. The molecule has 4 heteroatoms. The Morgan fingerprint density at radius 2 is 1.88 bits per heavy atom. The predicted octanol–water partition coefficient (Wildman–Crippen LogP) is 3.21. The summed E-state index contributed by atoms with van der Waals surface area (Å²) in [6.07, 6.45) is 1.52. The third-order valence-electron chi connectivity index (χ3n) is 2.17. The lowest BCUT2D eigenvalue weighted by molar-refractivity contribution is 0.0734. The van der Waals surface area contributed by atoms with Gasteiger partial charge in [0.15, 0.2) is 0 Å². The number of pyridine rings is 1. The maximum Gasteiger partial charge on any atom is 0.345 e. The molecule has 2 rings (SSSR count). The molecule has 0 radical (unpaired) electrons. The minimum Gasteiger partial charge on any atom is -0.423 e. The summed E-state index contributed by atoms with van der Waals surface area (Å²) in [5.74, 6) is 0.148. The first-order valence-electron chi connectivity index (χ1n) is 5.05. The van der Waals surface area contributed by atoms with Crippen molar-refractivity contribution in [3.8, 4) is 5.75 Å². The molecule has 0 aliphatic carbocycles. The van der Waals surface area contributed by atoms with Crippen LogP contribution >= 0.6 is 22.6 Å². The quantitative estimate of drug-likeness (QED) is 0.479. The van der Waals surface area contributed by atoms with E-state index in [1.165, 1.54) is 6.20 Å². The lowest BCUT2D eigenvalue weighted by Gasteiger charge is -2.04. The van der Waals surface area contributed by atoms with Crippen molar-refractivity contribution in [2.75, 3.05) is 0 Å². The van der Waals surface area contributed by atoms with Crippen molar-refractivity contribution in [2.45, 2.75) is 6.92 Å². The van der Waals surface area contributed by atoms with Gasteiger partial charge in [-0.05, 0) is 65.9 Å². The second-order valence-corrected chi connectivity index (χ2v) is 4.78. The van der Waals surface area contributed by atoms with Crippen molar-refractivity contribution in [3.05, 3.63) is 57.4 Å². The van der Waals surface area contributed by atoms with Crippen molar-refractivity contribution in [3.63, 3.8) is 0 Å². The Hall–Kier alpha value is -1.43. The van der Waals surface area contributed by atoms with Crippen LogP contribution in [0.15, 0.2) is 42.6 Å². The van der Waals surface area contributed by atoms with Gasteiger partial charge in [-0.25, -0.2) is 4.79 Å². The third-order valence-corrected chi connectivity index (χ3v) is 2.89. The molecule has 0 saturated heterocycles. The number of carbonyl (C=O) groups excluding carboxylic acids is 1. The van der Waals surface area contributed by atoms with Gasteiger partial charge in [-0.1, -0.05) is 0 Å². The SMILES string of the molecule is Cc1ccc(C(=O)Oc2ccc(I)cc2)cn1. The summed E-state index contributed by atoms with van der Waals surface area (Å²) in [6, 6.07) is 10.8. The van der Waals surface area contributed by atoms with Gasteiger partial charge in [-0.2, -0.15) is 0 Å². The molecule has 0 amide bonds. The molecule has 0 unspecified atom stereocenters. The van der Waals surface area contributed by atoms with E-state index < -0.39 is 5.97 Å². The number of aryl methyl sites for hydroxylation is 1. The van der Waals surface area contributed by atoms with E-state index >= 15 is 0 Å². The standard InChI is InChI=1S/C13H10INO2/c1-9-2-3-10(8-15-9)13(16)17-12-6-4-11(14)5-7-12/h2-8H,1H3. The predicted molar refractivity (Wildman–Crippen MR) is 73.1 cm³/mol. The van der Waals surface area contributed by atoms with Crippen molar-refractivity contribution >= 4 is 28.6 Å². The molecule has 0 saturated carbocycles. The molecule has 1 heterocycles. The van der Waals surface area contributed by atoms with Crippen LogP contribution in [0.5, 0.6) is 5.75 Å². The molecule has 1 aromatic heterocycles. The molecular formula is C13H10INO2. The zero-order chi connectivity index (χ0) is 12.3. The van der Waals surface area contributed by atoms with Crippen LogP contribution in [-0.2, 0) is 0 Å². The summed E-state index contributed by atoms with van der Waals surface area (Å²) in [5, 5.41) is 0. The summed E-state index contributed by atoms with van der Waals surface area (Å²) in [7, 11) is 0. The lowest BCUT2D eigenvalue weighted by atomic mass is 10.2. The molecule has 17 heavy (non-hydrogen) atoms. The largest absolute Gasteiger partial charge is 0.423 e. The summed E-state index contributed by atoms with van der Waals surface area (Å²) >= 11 is 2.19. The molecule has 2 aromatic rings. The van der Waals surface area contributed by atoms with Gasteiger partial charge in [0, 0.05) is 15.5 Å². The Morgan fingerprint density at radius 3 is 2.47 bits per heavy atom. The molecular weight excluding hydrogens is 329 g/mol. The Balaban J connectivity index is 2.11. The van der Waals surface area contributed by atoms with Crippen LogP contribution in [-0.4, -0.2) is 11.0 Å². The van der Waals surface area contributed by atoms with Crippen LogP contribution in [0.25, 0.3) is 0 Å². The van der Waals surface area contributed by atoms with E-state index in [-0.39, 0.29) is 0 Å². The number of esters is 1. The lowest BCUT2D eigenvalue weighted by Crippen LogP contribution is -2.08. The average molecular weight is 339 g/mol. The zero-order valence-corrected chi connectivity index (χ0v) is 11.3. The number of rotatable bonds is 2. The van der Waals surface area contributed by atoms with Gasteiger partial charge < -0.3 is 4.74 Å². The van der Waals surface area contributed by atoms with Crippen LogP contribution in [0.4, 0.5) is 0 Å². The summed E-state index contributed by atoms with van der Waals surface area (Å²) < 4.78 is 6.31. The van der Waals surface area contributed by atoms with Gasteiger partial charge in [0.1, 0.15) is 5.75 Å².